The third kappa shape index (κ3) is 3.88. The van der Waals surface area contributed by atoms with Gasteiger partial charge in [0.2, 0.25) is 11.9 Å². The first-order chi connectivity index (χ1) is 12.5. The number of nitrogens with one attached hydrogen (secondary N) is 1. The Morgan fingerprint density at radius 3 is 2.77 bits per heavy atom. The molecule has 0 aliphatic rings. The first kappa shape index (κ1) is 18.4. The number of nitrogens with zero attached hydrogens (tertiary/aromatic N) is 4. The number of anilines is 2. The summed E-state index contributed by atoms with van der Waals surface area (Å²) in [4.78, 5) is 17.1. The van der Waals surface area contributed by atoms with Crippen molar-refractivity contribution in [3.05, 3.63) is 35.2 Å². The van der Waals surface area contributed by atoms with Crippen molar-refractivity contribution in [2.75, 3.05) is 16.8 Å². The summed E-state index contributed by atoms with van der Waals surface area (Å²) in [7, 11) is 0. The van der Waals surface area contributed by atoms with Gasteiger partial charge in [-0.25, -0.2) is 4.98 Å². The fraction of sp³-hybridized carbons (Fsp3) is 0.294. The van der Waals surface area contributed by atoms with Crippen LogP contribution in [0.5, 0.6) is 0 Å². The van der Waals surface area contributed by atoms with Crippen molar-refractivity contribution in [1.82, 2.24) is 19.7 Å². The second kappa shape index (κ2) is 7.88. The largest absolute Gasteiger partial charge is 0.368 e. The van der Waals surface area contributed by atoms with Crippen LogP contribution in [0.1, 0.15) is 25.5 Å². The number of aryl methyl sites for hydroxylation is 1. The second-order valence-electron chi connectivity index (χ2n) is 5.71. The summed E-state index contributed by atoms with van der Waals surface area (Å²) in [6.07, 6.45) is 0. The van der Waals surface area contributed by atoms with Crippen molar-refractivity contribution in [1.29, 1.82) is 0 Å². The van der Waals surface area contributed by atoms with Gasteiger partial charge in [0, 0.05) is 10.9 Å². The normalized spacial score (nSPS) is 12.1. The Labute approximate surface area is 160 Å². The molecular weight excluding hydrogens is 368 g/mol. The molecule has 0 saturated heterocycles. The van der Waals surface area contributed by atoms with Gasteiger partial charge >= 0.3 is 0 Å². The maximum absolute atomic E-state index is 12.6. The number of carbonyl (C=O) groups is 1. The van der Waals surface area contributed by atoms with Crippen molar-refractivity contribution in [2.24, 2.45) is 0 Å². The Kier molecular flexibility index (Phi) is 5.58. The van der Waals surface area contributed by atoms with Crippen molar-refractivity contribution >= 4 is 40.1 Å². The number of amides is 1. The maximum Gasteiger partial charge on any atom is 0.249 e. The summed E-state index contributed by atoms with van der Waals surface area (Å²) in [5.74, 6) is 0.834. The molecule has 0 aliphatic heterocycles. The topological polar surface area (TPSA) is 98.7 Å². The average Bonchev–Trinajstić information content (AvgIpc) is 3.22. The summed E-state index contributed by atoms with van der Waals surface area (Å²) < 4.78 is 1.64. The van der Waals surface area contributed by atoms with Crippen LogP contribution in [-0.4, -0.2) is 31.4 Å². The van der Waals surface area contributed by atoms with Gasteiger partial charge in [-0.2, -0.15) is 0 Å². The number of benzene rings is 1. The highest BCUT2D eigenvalue weighted by Gasteiger charge is 2.22. The first-order valence-electron chi connectivity index (χ1n) is 8.16. The van der Waals surface area contributed by atoms with Crippen LogP contribution in [0.3, 0.4) is 0 Å². The third-order valence-electron chi connectivity index (χ3n) is 3.81. The van der Waals surface area contributed by atoms with Crippen LogP contribution in [0.25, 0.3) is 11.3 Å². The van der Waals surface area contributed by atoms with Crippen LogP contribution in [-0.2, 0) is 4.79 Å². The molecule has 26 heavy (non-hydrogen) atoms. The van der Waals surface area contributed by atoms with Gasteiger partial charge in [0.15, 0.2) is 10.3 Å². The number of rotatable bonds is 6. The van der Waals surface area contributed by atoms with Gasteiger partial charge < -0.3 is 11.1 Å². The molecule has 2 heterocycles. The van der Waals surface area contributed by atoms with Gasteiger partial charge in [-0.05, 0) is 19.6 Å². The van der Waals surface area contributed by atoms with Gasteiger partial charge in [0.25, 0.3) is 0 Å². The minimum Gasteiger partial charge on any atom is -0.368 e. The highest BCUT2D eigenvalue weighted by Crippen LogP contribution is 2.27. The number of thiazole rings is 1. The number of hydrogen-bond donors (Lipinski definition) is 2. The molecule has 1 atom stereocenters. The Hall–Kier alpha value is -2.39. The standard InChI is InChI=1S/C17H20N6OS2/c1-4-25-17-22-21-15(18)23(17)11(3)14(24)20-16-19-13(9-26-16)12-7-5-10(2)6-8-12/h5-9,11H,4H2,1-3H3,(H2,18,21)(H,19,20,24). The van der Waals surface area contributed by atoms with Crippen LogP contribution >= 0.6 is 23.1 Å². The van der Waals surface area contributed by atoms with E-state index >= 15 is 0 Å². The highest BCUT2D eigenvalue weighted by atomic mass is 32.2. The third-order valence-corrected chi connectivity index (χ3v) is 5.40. The predicted octanol–water partition coefficient (Wildman–Crippen LogP) is 3.60. The quantitative estimate of drug-likeness (QED) is 0.626. The number of hydrogen-bond acceptors (Lipinski definition) is 7. The summed E-state index contributed by atoms with van der Waals surface area (Å²) in [5, 5.41) is 13.9. The fourth-order valence-corrected chi connectivity index (χ4v) is 3.87. The van der Waals surface area contributed by atoms with E-state index in [1.165, 1.54) is 28.7 Å². The number of aromatic nitrogens is 4. The maximum atomic E-state index is 12.6. The molecule has 3 rings (SSSR count). The lowest BCUT2D eigenvalue weighted by Gasteiger charge is -2.15. The zero-order chi connectivity index (χ0) is 18.7. The van der Waals surface area contributed by atoms with Gasteiger partial charge in [0.05, 0.1) is 5.69 Å². The summed E-state index contributed by atoms with van der Waals surface area (Å²) >= 11 is 2.88. The summed E-state index contributed by atoms with van der Waals surface area (Å²) in [6, 6.07) is 7.58. The Balaban J connectivity index is 1.74. The average molecular weight is 389 g/mol. The lowest BCUT2D eigenvalue weighted by Crippen LogP contribution is -2.25. The Morgan fingerprint density at radius 1 is 1.35 bits per heavy atom. The summed E-state index contributed by atoms with van der Waals surface area (Å²) in [5.41, 5.74) is 8.93. The van der Waals surface area contributed by atoms with E-state index in [-0.39, 0.29) is 11.9 Å². The zero-order valence-corrected chi connectivity index (χ0v) is 16.4. The van der Waals surface area contributed by atoms with Crippen molar-refractivity contribution in [3.63, 3.8) is 0 Å². The van der Waals surface area contributed by atoms with E-state index < -0.39 is 6.04 Å². The molecule has 7 nitrogen and oxygen atoms in total. The molecule has 0 radical (unpaired) electrons. The molecule has 2 aromatic heterocycles. The molecule has 3 N–H and O–H groups in total. The van der Waals surface area contributed by atoms with Gasteiger partial charge in [0.1, 0.15) is 6.04 Å². The van der Waals surface area contributed by atoms with Gasteiger partial charge in [-0.1, -0.05) is 48.5 Å². The predicted molar refractivity (Wildman–Crippen MR) is 106 cm³/mol. The van der Waals surface area contributed by atoms with E-state index in [4.69, 9.17) is 5.73 Å². The van der Waals surface area contributed by atoms with E-state index in [1.54, 1.807) is 11.5 Å². The molecular formula is C17H20N6OS2. The molecule has 136 valence electrons. The van der Waals surface area contributed by atoms with E-state index in [0.29, 0.717) is 10.3 Å². The highest BCUT2D eigenvalue weighted by molar-refractivity contribution is 7.99. The van der Waals surface area contributed by atoms with Crippen LogP contribution in [0, 0.1) is 6.92 Å². The number of thioether (sulfide) groups is 1. The minimum atomic E-state index is -0.536. The van der Waals surface area contributed by atoms with Crippen LogP contribution in [0.2, 0.25) is 0 Å². The van der Waals surface area contributed by atoms with Gasteiger partial charge in [-0.3, -0.25) is 9.36 Å². The number of nitrogen functional groups attached to an aromatic ring is 1. The number of carbonyl (C=O) groups excluding carboxylic acids is 1. The minimum absolute atomic E-state index is 0.209. The van der Waals surface area contributed by atoms with Crippen molar-refractivity contribution in [2.45, 2.75) is 32.0 Å². The van der Waals surface area contributed by atoms with Crippen molar-refractivity contribution < 1.29 is 4.79 Å². The Bertz CT molecular complexity index is 902. The van der Waals surface area contributed by atoms with E-state index in [0.717, 1.165) is 17.0 Å². The molecule has 3 aromatic rings. The lowest BCUT2D eigenvalue weighted by atomic mass is 10.1. The first-order valence-corrected chi connectivity index (χ1v) is 10.0. The molecule has 9 heteroatoms. The molecule has 1 unspecified atom stereocenters. The van der Waals surface area contributed by atoms with Crippen LogP contribution in [0.4, 0.5) is 11.1 Å². The smallest absolute Gasteiger partial charge is 0.249 e. The summed E-state index contributed by atoms with van der Waals surface area (Å²) in [6.45, 7) is 5.82. The second-order valence-corrected chi connectivity index (χ2v) is 7.80. The molecule has 0 saturated carbocycles. The van der Waals surface area contributed by atoms with Crippen LogP contribution in [0.15, 0.2) is 34.8 Å². The van der Waals surface area contributed by atoms with E-state index in [2.05, 4.69) is 20.5 Å². The van der Waals surface area contributed by atoms with Crippen molar-refractivity contribution in [3.8, 4) is 11.3 Å². The lowest BCUT2D eigenvalue weighted by molar-refractivity contribution is -0.118. The van der Waals surface area contributed by atoms with Crippen LogP contribution < -0.4 is 11.1 Å². The fourth-order valence-electron chi connectivity index (χ4n) is 2.40. The van der Waals surface area contributed by atoms with Gasteiger partial charge in [-0.15, -0.1) is 21.5 Å². The number of nitrogens with two attached hydrogens (primary N) is 1. The van der Waals surface area contributed by atoms with E-state index in [9.17, 15) is 4.79 Å². The van der Waals surface area contributed by atoms with E-state index in [1.807, 2.05) is 43.5 Å². The molecule has 0 aliphatic carbocycles. The molecule has 0 bridgehead atoms. The molecule has 1 amide bonds. The monoisotopic (exact) mass is 388 g/mol. The Morgan fingerprint density at radius 2 is 2.08 bits per heavy atom. The zero-order valence-electron chi connectivity index (χ0n) is 14.8. The SMILES string of the molecule is CCSc1nnc(N)n1C(C)C(=O)Nc1nc(-c2ccc(C)cc2)cs1. The molecule has 0 spiro atoms. The molecule has 0 fully saturated rings. The molecule has 1 aromatic carbocycles.